The first-order chi connectivity index (χ1) is 11.6. The summed E-state index contributed by atoms with van der Waals surface area (Å²) in [6.45, 7) is 3.24. The van der Waals surface area contributed by atoms with E-state index in [1.165, 1.54) is 17.4 Å². The molecule has 0 radical (unpaired) electrons. The maximum absolute atomic E-state index is 14.4. The Morgan fingerprint density at radius 1 is 1.42 bits per heavy atom. The predicted octanol–water partition coefficient (Wildman–Crippen LogP) is 4.04. The molecule has 1 aromatic heterocycles. The third kappa shape index (κ3) is 2.63. The molecule has 2 aromatic rings. The molecule has 0 N–H and O–H groups in total. The Bertz CT molecular complexity index is 783. The second kappa shape index (κ2) is 6.26. The highest BCUT2D eigenvalue weighted by molar-refractivity contribution is 7.09. The van der Waals surface area contributed by atoms with Crippen LogP contribution in [0.25, 0.3) is 0 Å². The predicted molar refractivity (Wildman–Crippen MR) is 91.2 cm³/mol. The van der Waals surface area contributed by atoms with Gasteiger partial charge in [0, 0.05) is 18.5 Å². The number of carbonyl (C=O) groups is 1. The second-order valence-electron chi connectivity index (χ2n) is 6.32. The molecule has 0 bridgehead atoms. The normalized spacial score (nSPS) is 20.2. The molecular formula is C18H19FN2O2S. The van der Waals surface area contributed by atoms with Gasteiger partial charge in [-0.1, -0.05) is 6.07 Å². The Morgan fingerprint density at radius 3 is 3.08 bits per heavy atom. The number of halogens is 1. The van der Waals surface area contributed by atoms with E-state index in [0.29, 0.717) is 17.9 Å². The van der Waals surface area contributed by atoms with Gasteiger partial charge in [0.25, 0.3) is 5.91 Å². The average Bonchev–Trinajstić information content (AvgIpc) is 3.28. The zero-order valence-corrected chi connectivity index (χ0v) is 14.4. The van der Waals surface area contributed by atoms with Crippen molar-refractivity contribution in [3.05, 3.63) is 45.2 Å². The molecule has 2 aliphatic rings. The third-order valence-corrected chi connectivity index (χ3v) is 5.67. The Labute approximate surface area is 144 Å². The van der Waals surface area contributed by atoms with Crippen molar-refractivity contribution in [2.75, 3.05) is 18.1 Å². The lowest BCUT2D eigenvalue weighted by Crippen LogP contribution is -2.36. The number of anilines is 1. The second-order valence-corrected chi connectivity index (χ2v) is 7.21. The van der Waals surface area contributed by atoms with Crippen LogP contribution in [-0.2, 0) is 11.2 Å². The lowest BCUT2D eigenvalue weighted by Gasteiger charge is -2.30. The van der Waals surface area contributed by atoms with E-state index < -0.39 is 0 Å². The molecule has 126 valence electrons. The fourth-order valence-corrected chi connectivity index (χ4v) is 4.36. The first kappa shape index (κ1) is 15.7. The Hall–Kier alpha value is -1.79. The molecule has 0 aliphatic carbocycles. The molecule has 4 rings (SSSR count). The molecule has 1 unspecified atom stereocenters. The summed E-state index contributed by atoms with van der Waals surface area (Å²) in [6.07, 6.45) is 3.62. The van der Waals surface area contributed by atoms with Crippen LogP contribution in [0, 0.1) is 12.7 Å². The number of rotatable bonds is 2. The minimum atomic E-state index is -0.335. The van der Waals surface area contributed by atoms with Crippen molar-refractivity contribution in [2.45, 2.75) is 38.7 Å². The van der Waals surface area contributed by atoms with Crippen molar-refractivity contribution in [2.24, 2.45) is 0 Å². The molecule has 0 spiro atoms. The molecule has 4 nitrogen and oxygen atoms in total. The molecule has 1 amide bonds. The van der Waals surface area contributed by atoms with Crippen molar-refractivity contribution < 1.29 is 13.9 Å². The maximum atomic E-state index is 14.4. The zero-order chi connectivity index (χ0) is 16.7. The van der Waals surface area contributed by atoms with Crippen LogP contribution in [-0.4, -0.2) is 24.0 Å². The van der Waals surface area contributed by atoms with Crippen molar-refractivity contribution in [1.29, 1.82) is 0 Å². The summed E-state index contributed by atoms with van der Waals surface area (Å²) < 4.78 is 20.0. The van der Waals surface area contributed by atoms with Crippen LogP contribution >= 0.6 is 11.3 Å². The molecule has 3 heterocycles. The summed E-state index contributed by atoms with van der Waals surface area (Å²) >= 11 is 1.45. The Kier molecular flexibility index (Phi) is 4.10. The summed E-state index contributed by atoms with van der Waals surface area (Å²) in [7, 11) is 0. The number of thiazole rings is 1. The number of aromatic nitrogens is 1. The molecule has 1 aromatic carbocycles. The lowest BCUT2D eigenvalue weighted by atomic mass is 9.96. The van der Waals surface area contributed by atoms with Gasteiger partial charge in [-0.2, -0.15) is 0 Å². The van der Waals surface area contributed by atoms with Gasteiger partial charge < -0.3 is 9.64 Å². The molecule has 1 fully saturated rings. The van der Waals surface area contributed by atoms with E-state index in [1.807, 2.05) is 6.92 Å². The van der Waals surface area contributed by atoms with E-state index in [1.54, 1.807) is 16.3 Å². The van der Waals surface area contributed by atoms with Gasteiger partial charge in [0.05, 0.1) is 5.69 Å². The minimum absolute atomic E-state index is 0.00386. The lowest BCUT2D eigenvalue weighted by molar-refractivity contribution is 0.0976. The van der Waals surface area contributed by atoms with Crippen molar-refractivity contribution in [3.8, 4) is 0 Å². The maximum Gasteiger partial charge on any atom is 0.277 e. The summed E-state index contributed by atoms with van der Waals surface area (Å²) in [5.74, 6) is -0.556. The summed E-state index contributed by atoms with van der Waals surface area (Å²) in [6, 6.07) is 3.22. The Morgan fingerprint density at radius 2 is 2.29 bits per heavy atom. The first-order valence-electron chi connectivity index (χ1n) is 8.32. The number of aryl methyl sites for hydroxylation is 1. The van der Waals surface area contributed by atoms with Gasteiger partial charge in [-0.15, -0.1) is 11.3 Å². The van der Waals surface area contributed by atoms with Gasteiger partial charge in [-0.3, -0.25) is 4.79 Å². The van der Waals surface area contributed by atoms with Gasteiger partial charge >= 0.3 is 0 Å². The van der Waals surface area contributed by atoms with E-state index in [9.17, 15) is 9.18 Å². The van der Waals surface area contributed by atoms with Crippen LogP contribution in [0.5, 0.6) is 0 Å². The fourth-order valence-electron chi connectivity index (χ4n) is 3.49. The molecule has 1 atom stereocenters. The van der Waals surface area contributed by atoms with E-state index in [2.05, 4.69) is 4.98 Å². The first-order valence-corrected chi connectivity index (χ1v) is 9.20. The fraction of sp³-hybridized carbons (Fsp3) is 0.444. The van der Waals surface area contributed by atoms with Gasteiger partial charge in [-0.25, -0.2) is 9.37 Å². The molecule has 0 saturated carbocycles. The highest BCUT2D eigenvalue weighted by Gasteiger charge is 2.30. The monoisotopic (exact) mass is 346 g/mol. The van der Waals surface area contributed by atoms with E-state index in [4.69, 9.17) is 4.74 Å². The van der Waals surface area contributed by atoms with E-state index in [0.717, 1.165) is 48.4 Å². The van der Waals surface area contributed by atoms with Crippen LogP contribution in [0.3, 0.4) is 0 Å². The summed E-state index contributed by atoms with van der Waals surface area (Å²) in [5, 5.41) is 2.61. The summed E-state index contributed by atoms with van der Waals surface area (Å²) in [4.78, 5) is 18.9. The molecule has 6 heteroatoms. The van der Waals surface area contributed by atoms with Crippen LogP contribution < -0.4 is 4.90 Å². The quantitative estimate of drug-likeness (QED) is 0.824. The highest BCUT2D eigenvalue weighted by Crippen LogP contribution is 2.35. The van der Waals surface area contributed by atoms with Gasteiger partial charge in [0.15, 0.2) is 0 Å². The zero-order valence-electron chi connectivity index (χ0n) is 13.5. The Balaban J connectivity index is 1.66. The topological polar surface area (TPSA) is 42.4 Å². The highest BCUT2D eigenvalue weighted by atomic mass is 32.1. The van der Waals surface area contributed by atoms with Crippen LogP contribution in [0.1, 0.15) is 52.0 Å². The molecule has 24 heavy (non-hydrogen) atoms. The number of carbonyl (C=O) groups excluding carboxylic acids is 1. The van der Waals surface area contributed by atoms with Crippen LogP contribution in [0.2, 0.25) is 0 Å². The smallest absolute Gasteiger partial charge is 0.277 e. The van der Waals surface area contributed by atoms with E-state index in [-0.39, 0.29) is 17.8 Å². The number of nitrogens with zero attached hydrogens (tertiary/aromatic N) is 2. The van der Waals surface area contributed by atoms with Gasteiger partial charge in [-0.05, 0) is 49.8 Å². The van der Waals surface area contributed by atoms with Gasteiger partial charge in [0.1, 0.15) is 22.6 Å². The SMILES string of the molecule is Cc1ccc(F)c2c1CCCN2C(=O)c1csc(C2CCCO2)n1. The number of fused-ring (bicyclic) bond motifs is 1. The minimum Gasteiger partial charge on any atom is -0.371 e. The number of ether oxygens (including phenoxy) is 1. The van der Waals surface area contributed by atoms with Crippen molar-refractivity contribution >= 4 is 22.9 Å². The number of amides is 1. The average molecular weight is 346 g/mol. The molecule has 2 aliphatic heterocycles. The number of hydrogen-bond donors (Lipinski definition) is 0. The van der Waals surface area contributed by atoms with Gasteiger partial charge in [0.2, 0.25) is 0 Å². The van der Waals surface area contributed by atoms with Crippen molar-refractivity contribution in [3.63, 3.8) is 0 Å². The van der Waals surface area contributed by atoms with Crippen LogP contribution in [0.15, 0.2) is 17.5 Å². The number of benzene rings is 1. The van der Waals surface area contributed by atoms with Crippen LogP contribution in [0.4, 0.5) is 10.1 Å². The largest absolute Gasteiger partial charge is 0.371 e. The number of hydrogen-bond acceptors (Lipinski definition) is 4. The third-order valence-electron chi connectivity index (χ3n) is 4.74. The standard InChI is InChI=1S/C18H19FN2O2S/c1-11-6-7-13(19)16-12(11)4-2-8-21(16)18(22)14-10-24-17(20-14)15-5-3-9-23-15/h6-7,10,15H,2-5,8-9H2,1H3. The molecule has 1 saturated heterocycles. The van der Waals surface area contributed by atoms with Crippen molar-refractivity contribution in [1.82, 2.24) is 4.98 Å². The van der Waals surface area contributed by atoms with E-state index >= 15 is 0 Å². The summed E-state index contributed by atoms with van der Waals surface area (Å²) in [5.41, 5.74) is 2.78. The molecular weight excluding hydrogens is 327 g/mol.